The molecular weight excluding hydrogens is 456 g/mol. The van der Waals surface area contributed by atoms with Crippen LogP contribution in [-0.4, -0.2) is 13.1 Å². The van der Waals surface area contributed by atoms with Crippen molar-refractivity contribution in [3.05, 3.63) is 95.6 Å². The summed E-state index contributed by atoms with van der Waals surface area (Å²) in [7, 11) is 1.71. The molecule has 3 aromatic rings. The Hall–Kier alpha value is -3.07. The lowest BCUT2D eigenvalue weighted by Gasteiger charge is -2.38. The van der Waals surface area contributed by atoms with Crippen LogP contribution in [-0.2, 0) is 10.2 Å². The van der Waals surface area contributed by atoms with E-state index in [4.69, 9.17) is 9.47 Å². The van der Waals surface area contributed by atoms with Crippen molar-refractivity contribution in [2.24, 2.45) is 5.92 Å². The van der Waals surface area contributed by atoms with Crippen molar-refractivity contribution in [3.63, 3.8) is 0 Å². The largest absolute Gasteiger partial charge is 0.497 e. The second kappa shape index (κ2) is 14.6. The van der Waals surface area contributed by atoms with Crippen LogP contribution in [0.5, 0.6) is 11.5 Å². The first-order chi connectivity index (χ1) is 18.0. The normalized spacial score (nSPS) is 13.5. The SMILES string of the molecule is CCCCCCCCCC(C)CC(c1ccccc1)(c1ccc(OC)cc1)c1ccc(OC(C)=O)cc1. The molecule has 0 aliphatic carbocycles. The fourth-order valence-corrected chi connectivity index (χ4v) is 5.50. The van der Waals surface area contributed by atoms with E-state index in [0.29, 0.717) is 11.7 Å². The molecule has 0 aliphatic heterocycles. The molecule has 37 heavy (non-hydrogen) atoms. The summed E-state index contributed by atoms with van der Waals surface area (Å²) in [4.78, 5) is 11.5. The molecule has 3 nitrogen and oxygen atoms in total. The Bertz CT molecular complexity index is 1060. The van der Waals surface area contributed by atoms with E-state index < -0.39 is 0 Å². The van der Waals surface area contributed by atoms with Gasteiger partial charge in [-0.2, -0.15) is 0 Å². The molecule has 3 rings (SSSR count). The van der Waals surface area contributed by atoms with E-state index in [2.05, 4.69) is 80.6 Å². The summed E-state index contributed by atoms with van der Waals surface area (Å²) in [5, 5.41) is 0. The quantitative estimate of drug-likeness (QED) is 0.0903. The summed E-state index contributed by atoms with van der Waals surface area (Å²) >= 11 is 0. The lowest BCUT2D eigenvalue weighted by Crippen LogP contribution is -2.31. The van der Waals surface area contributed by atoms with Gasteiger partial charge in [0.15, 0.2) is 0 Å². The van der Waals surface area contributed by atoms with Crippen molar-refractivity contribution in [2.75, 3.05) is 7.11 Å². The van der Waals surface area contributed by atoms with E-state index in [-0.39, 0.29) is 11.4 Å². The first kappa shape index (κ1) is 28.5. The number of carbonyl (C=O) groups is 1. The van der Waals surface area contributed by atoms with Crippen molar-refractivity contribution >= 4 is 5.97 Å². The molecule has 0 N–H and O–H groups in total. The average molecular weight is 501 g/mol. The van der Waals surface area contributed by atoms with E-state index in [9.17, 15) is 4.79 Å². The Morgan fingerprint density at radius 3 is 1.78 bits per heavy atom. The highest BCUT2D eigenvalue weighted by Crippen LogP contribution is 2.45. The molecule has 0 bridgehead atoms. The van der Waals surface area contributed by atoms with Crippen LogP contribution in [0.4, 0.5) is 0 Å². The number of ether oxygens (including phenoxy) is 2. The Kier molecular flexibility index (Phi) is 11.3. The lowest BCUT2D eigenvalue weighted by atomic mass is 9.64. The predicted octanol–water partition coefficient (Wildman–Crippen LogP) is 9.12. The molecule has 0 spiro atoms. The summed E-state index contributed by atoms with van der Waals surface area (Å²) in [5.74, 6) is 1.66. The Labute approximate surface area is 224 Å². The molecule has 3 heteroatoms. The fourth-order valence-electron chi connectivity index (χ4n) is 5.50. The lowest BCUT2D eigenvalue weighted by molar-refractivity contribution is -0.131. The molecule has 2 unspecified atom stereocenters. The molecule has 198 valence electrons. The highest BCUT2D eigenvalue weighted by molar-refractivity contribution is 5.69. The van der Waals surface area contributed by atoms with Crippen LogP contribution in [0.1, 0.15) is 95.2 Å². The van der Waals surface area contributed by atoms with Gasteiger partial charge in [-0.1, -0.05) is 120 Å². The summed E-state index contributed by atoms with van der Waals surface area (Å²) in [6, 6.07) is 27.4. The number of rotatable bonds is 15. The Morgan fingerprint density at radius 1 is 0.730 bits per heavy atom. The monoisotopic (exact) mass is 500 g/mol. The van der Waals surface area contributed by atoms with Gasteiger partial charge in [0, 0.05) is 12.3 Å². The van der Waals surface area contributed by atoms with Crippen molar-refractivity contribution in [1.29, 1.82) is 0 Å². The zero-order valence-corrected chi connectivity index (χ0v) is 23.2. The first-order valence-corrected chi connectivity index (χ1v) is 14.0. The third kappa shape index (κ3) is 7.95. The molecule has 0 fully saturated rings. The number of benzene rings is 3. The molecular formula is C34H44O3. The number of carbonyl (C=O) groups excluding carboxylic acids is 1. The van der Waals surface area contributed by atoms with Gasteiger partial charge in [-0.05, 0) is 53.3 Å². The van der Waals surface area contributed by atoms with Crippen molar-refractivity contribution in [1.82, 2.24) is 0 Å². The summed E-state index contributed by atoms with van der Waals surface area (Å²) in [6.07, 6.45) is 11.5. The first-order valence-electron chi connectivity index (χ1n) is 14.0. The van der Waals surface area contributed by atoms with E-state index in [1.807, 2.05) is 12.1 Å². The zero-order chi connectivity index (χ0) is 26.5. The zero-order valence-electron chi connectivity index (χ0n) is 23.2. The van der Waals surface area contributed by atoms with Gasteiger partial charge in [-0.3, -0.25) is 4.79 Å². The molecule has 0 aliphatic rings. The number of unbranched alkanes of at least 4 members (excludes halogenated alkanes) is 6. The van der Waals surface area contributed by atoms with Gasteiger partial charge < -0.3 is 9.47 Å². The summed E-state index contributed by atoms with van der Waals surface area (Å²) < 4.78 is 10.8. The third-order valence-electron chi connectivity index (χ3n) is 7.41. The maximum atomic E-state index is 11.5. The molecule has 0 amide bonds. The van der Waals surface area contributed by atoms with Gasteiger partial charge >= 0.3 is 5.97 Å². The molecule has 3 aromatic carbocycles. The van der Waals surface area contributed by atoms with E-state index in [0.717, 1.165) is 12.2 Å². The van der Waals surface area contributed by atoms with Crippen molar-refractivity contribution in [2.45, 2.75) is 84.0 Å². The van der Waals surface area contributed by atoms with Crippen LogP contribution in [0, 0.1) is 5.92 Å². The van der Waals surface area contributed by atoms with Crippen LogP contribution >= 0.6 is 0 Å². The molecule has 0 radical (unpaired) electrons. The number of esters is 1. The maximum absolute atomic E-state index is 11.5. The minimum Gasteiger partial charge on any atom is -0.497 e. The van der Waals surface area contributed by atoms with Gasteiger partial charge in [0.1, 0.15) is 11.5 Å². The van der Waals surface area contributed by atoms with Crippen LogP contribution < -0.4 is 9.47 Å². The van der Waals surface area contributed by atoms with Gasteiger partial charge in [0.25, 0.3) is 0 Å². The molecule has 0 saturated heterocycles. The second-order valence-electron chi connectivity index (χ2n) is 10.3. The number of hydrogen-bond acceptors (Lipinski definition) is 3. The van der Waals surface area contributed by atoms with Crippen LogP contribution in [0.3, 0.4) is 0 Å². The standard InChI is InChI=1S/C34H44O3/c1-5-6-7-8-9-10-12-15-27(2)26-34(29-16-13-11-14-17-29,30-18-22-32(36-4)23-19-30)31-20-24-33(25-21-31)37-28(3)35/h11,13-14,16-25,27H,5-10,12,15,26H2,1-4H3. The van der Waals surface area contributed by atoms with E-state index in [1.54, 1.807) is 7.11 Å². The maximum Gasteiger partial charge on any atom is 0.308 e. The van der Waals surface area contributed by atoms with Crippen molar-refractivity contribution in [3.8, 4) is 11.5 Å². The highest BCUT2D eigenvalue weighted by atomic mass is 16.5. The summed E-state index contributed by atoms with van der Waals surface area (Å²) in [6.45, 7) is 6.10. The number of methoxy groups -OCH3 is 1. The topological polar surface area (TPSA) is 35.5 Å². The van der Waals surface area contributed by atoms with Crippen LogP contribution in [0.2, 0.25) is 0 Å². The van der Waals surface area contributed by atoms with Gasteiger partial charge in [-0.25, -0.2) is 0 Å². The molecule has 0 heterocycles. The second-order valence-corrected chi connectivity index (χ2v) is 10.3. The van der Waals surface area contributed by atoms with Crippen LogP contribution in [0.25, 0.3) is 0 Å². The number of hydrogen-bond donors (Lipinski definition) is 0. The molecule has 2 atom stereocenters. The van der Waals surface area contributed by atoms with Gasteiger partial charge in [0.2, 0.25) is 0 Å². The van der Waals surface area contributed by atoms with E-state index in [1.165, 1.54) is 75.0 Å². The van der Waals surface area contributed by atoms with E-state index >= 15 is 0 Å². The predicted molar refractivity (Wildman–Crippen MR) is 153 cm³/mol. The Balaban J connectivity index is 1.95. The minimum atomic E-state index is -0.331. The molecule has 0 saturated carbocycles. The fraction of sp³-hybridized carbons (Fsp3) is 0.441. The molecule has 0 aromatic heterocycles. The average Bonchev–Trinajstić information content (AvgIpc) is 2.92. The van der Waals surface area contributed by atoms with Gasteiger partial charge in [-0.15, -0.1) is 0 Å². The smallest absolute Gasteiger partial charge is 0.308 e. The van der Waals surface area contributed by atoms with Crippen molar-refractivity contribution < 1.29 is 14.3 Å². The summed E-state index contributed by atoms with van der Waals surface area (Å²) in [5.41, 5.74) is 3.38. The van der Waals surface area contributed by atoms with Crippen LogP contribution in [0.15, 0.2) is 78.9 Å². The third-order valence-corrected chi connectivity index (χ3v) is 7.41. The highest BCUT2D eigenvalue weighted by Gasteiger charge is 2.37. The Morgan fingerprint density at radius 2 is 1.24 bits per heavy atom. The van der Waals surface area contributed by atoms with Gasteiger partial charge in [0.05, 0.1) is 7.11 Å². The minimum absolute atomic E-state index is 0.305.